The van der Waals surface area contributed by atoms with Gasteiger partial charge in [0.05, 0.1) is 0 Å². The minimum absolute atomic E-state index is 0.157. The summed E-state index contributed by atoms with van der Waals surface area (Å²) in [5, 5.41) is 9.34. The number of aromatic nitrogens is 1. The van der Waals surface area contributed by atoms with E-state index in [-0.39, 0.29) is 11.6 Å². The fraction of sp³-hybridized carbons (Fsp3) is 0.316. The van der Waals surface area contributed by atoms with Crippen molar-refractivity contribution in [3.05, 3.63) is 47.5 Å². The lowest BCUT2D eigenvalue weighted by atomic mass is 10.2. The van der Waals surface area contributed by atoms with Crippen LogP contribution < -0.4 is 4.90 Å². The molecule has 1 aromatic carbocycles. The fourth-order valence-corrected chi connectivity index (χ4v) is 2.80. The van der Waals surface area contributed by atoms with Crippen molar-refractivity contribution in [3.63, 3.8) is 0 Å². The van der Waals surface area contributed by atoms with Gasteiger partial charge in [-0.1, -0.05) is 37.3 Å². The Morgan fingerprint density at radius 1 is 1.24 bits per heavy atom. The second-order valence-electron chi connectivity index (χ2n) is 5.78. The molecule has 0 saturated carbocycles. The number of nitrogens with zero attached hydrogens (tertiary/aromatic N) is 4. The standard InChI is InChI=1S/C19H20N4O2/c1-2-18(24)22-10-12-23(13-11-22)19-16(14-20)21-17(25-19)9-8-15-6-4-3-5-7-15/h3-9H,2,10-13H2,1H3. The maximum atomic E-state index is 11.8. The summed E-state index contributed by atoms with van der Waals surface area (Å²) in [6.07, 6.45) is 4.17. The lowest BCUT2D eigenvalue weighted by Gasteiger charge is -2.34. The van der Waals surface area contributed by atoms with Crippen LogP contribution in [0.25, 0.3) is 12.2 Å². The van der Waals surface area contributed by atoms with Crippen molar-refractivity contribution in [1.82, 2.24) is 9.88 Å². The molecule has 0 N–H and O–H groups in total. The first-order valence-electron chi connectivity index (χ1n) is 8.38. The molecular formula is C19H20N4O2. The molecule has 2 heterocycles. The SMILES string of the molecule is CCC(=O)N1CCN(c2oc(C=Cc3ccccc3)nc2C#N)CC1. The van der Waals surface area contributed by atoms with Crippen molar-refractivity contribution < 1.29 is 9.21 Å². The van der Waals surface area contributed by atoms with Gasteiger partial charge in [0.1, 0.15) is 6.07 Å². The van der Waals surface area contributed by atoms with Gasteiger partial charge in [-0.25, -0.2) is 0 Å². The third-order valence-corrected chi connectivity index (χ3v) is 4.17. The molecule has 1 aromatic heterocycles. The first-order chi connectivity index (χ1) is 12.2. The number of hydrogen-bond donors (Lipinski definition) is 0. The molecule has 2 aromatic rings. The molecule has 0 unspecified atom stereocenters. The van der Waals surface area contributed by atoms with Gasteiger partial charge in [-0.15, -0.1) is 0 Å². The zero-order valence-electron chi connectivity index (χ0n) is 14.2. The van der Waals surface area contributed by atoms with Crippen molar-refractivity contribution in [3.8, 4) is 6.07 Å². The highest BCUT2D eigenvalue weighted by molar-refractivity contribution is 5.76. The van der Waals surface area contributed by atoms with Gasteiger partial charge >= 0.3 is 0 Å². The van der Waals surface area contributed by atoms with E-state index in [1.165, 1.54) is 0 Å². The number of benzene rings is 1. The third-order valence-electron chi connectivity index (χ3n) is 4.17. The monoisotopic (exact) mass is 336 g/mol. The number of piperazine rings is 1. The third kappa shape index (κ3) is 3.89. The molecule has 128 valence electrons. The topological polar surface area (TPSA) is 73.4 Å². The summed E-state index contributed by atoms with van der Waals surface area (Å²) in [5.41, 5.74) is 1.32. The maximum absolute atomic E-state index is 11.8. The van der Waals surface area contributed by atoms with E-state index in [4.69, 9.17) is 4.42 Å². The van der Waals surface area contributed by atoms with Gasteiger partial charge in [0, 0.05) is 38.7 Å². The highest BCUT2D eigenvalue weighted by atomic mass is 16.4. The predicted octanol–water partition coefficient (Wildman–Crippen LogP) is 2.78. The molecule has 1 amide bonds. The Labute approximate surface area is 147 Å². The smallest absolute Gasteiger partial charge is 0.235 e. The van der Waals surface area contributed by atoms with Crippen LogP contribution in [-0.2, 0) is 4.79 Å². The van der Waals surface area contributed by atoms with E-state index in [9.17, 15) is 10.1 Å². The van der Waals surface area contributed by atoms with Crippen molar-refractivity contribution in [2.75, 3.05) is 31.1 Å². The van der Waals surface area contributed by atoms with Gasteiger partial charge in [-0.3, -0.25) is 4.79 Å². The quantitative estimate of drug-likeness (QED) is 0.858. The summed E-state index contributed by atoms with van der Waals surface area (Å²) in [5.74, 6) is 1.05. The second kappa shape index (κ2) is 7.67. The first kappa shape index (κ1) is 16.8. The van der Waals surface area contributed by atoms with Crippen LogP contribution in [0.2, 0.25) is 0 Å². The van der Waals surface area contributed by atoms with Crippen molar-refractivity contribution in [2.24, 2.45) is 0 Å². The fourth-order valence-electron chi connectivity index (χ4n) is 2.80. The Bertz CT molecular complexity index is 797. The number of carbonyl (C=O) groups is 1. The van der Waals surface area contributed by atoms with Crippen molar-refractivity contribution in [1.29, 1.82) is 5.26 Å². The molecule has 3 rings (SSSR count). The number of hydrogen-bond acceptors (Lipinski definition) is 5. The number of anilines is 1. The van der Waals surface area contributed by atoms with Crippen LogP contribution in [0.5, 0.6) is 0 Å². The molecule has 6 heteroatoms. The summed E-state index contributed by atoms with van der Waals surface area (Å²) in [7, 11) is 0. The van der Waals surface area contributed by atoms with Gasteiger partial charge in [0.2, 0.25) is 23.4 Å². The van der Waals surface area contributed by atoms with E-state index in [0.717, 1.165) is 5.56 Å². The lowest BCUT2D eigenvalue weighted by molar-refractivity contribution is -0.131. The summed E-state index contributed by atoms with van der Waals surface area (Å²) in [6.45, 7) is 4.40. The molecular weight excluding hydrogens is 316 g/mol. The van der Waals surface area contributed by atoms with E-state index in [1.807, 2.05) is 53.1 Å². The van der Waals surface area contributed by atoms with Crippen LogP contribution in [-0.4, -0.2) is 42.0 Å². The number of rotatable bonds is 4. The minimum atomic E-state index is 0.157. The first-order valence-corrected chi connectivity index (χ1v) is 8.38. The van der Waals surface area contributed by atoms with Crippen LogP contribution in [0.4, 0.5) is 5.88 Å². The van der Waals surface area contributed by atoms with Crippen LogP contribution in [0.1, 0.15) is 30.5 Å². The van der Waals surface area contributed by atoms with Gasteiger partial charge in [0.15, 0.2) is 0 Å². The van der Waals surface area contributed by atoms with Crippen LogP contribution in [0.3, 0.4) is 0 Å². The molecule has 0 radical (unpaired) electrons. The highest BCUT2D eigenvalue weighted by Gasteiger charge is 2.25. The van der Waals surface area contributed by atoms with E-state index < -0.39 is 0 Å². The van der Waals surface area contributed by atoms with E-state index in [0.29, 0.717) is 44.4 Å². The van der Waals surface area contributed by atoms with E-state index >= 15 is 0 Å². The highest BCUT2D eigenvalue weighted by Crippen LogP contribution is 2.24. The van der Waals surface area contributed by atoms with Gasteiger partial charge < -0.3 is 14.2 Å². The Morgan fingerprint density at radius 3 is 2.60 bits per heavy atom. The largest absolute Gasteiger partial charge is 0.420 e. The van der Waals surface area contributed by atoms with Crippen molar-refractivity contribution in [2.45, 2.75) is 13.3 Å². The number of oxazole rings is 1. The Morgan fingerprint density at radius 2 is 1.96 bits per heavy atom. The van der Waals surface area contributed by atoms with Gasteiger partial charge in [-0.05, 0) is 11.6 Å². The van der Waals surface area contributed by atoms with Crippen LogP contribution >= 0.6 is 0 Å². The summed E-state index contributed by atoms with van der Waals surface area (Å²) >= 11 is 0. The molecule has 1 fully saturated rings. The number of amides is 1. The molecule has 0 aliphatic carbocycles. The van der Waals surface area contributed by atoms with E-state index in [2.05, 4.69) is 11.1 Å². The predicted molar refractivity (Wildman–Crippen MR) is 95.7 cm³/mol. The van der Waals surface area contributed by atoms with Crippen molar-refractivity contribution >= 4 is 23.9 Å². The lowest BCUT2D eigenvalue weighted by Crippen LogP contribution is -2.48. The zero-order valence-corrected chi connectivity index (χ0v) is 14.2. The molecule has 1 aliphatic rings. The molecule has 25 heavy (non-hydrogen) atoms. The average Bonchev–Trinajstić information content (AvgIpc) is 3.10. The summed E-state index contributed by atoms with van der Waals surface area (Å²) in [4.78, 5) is 19.8. The molecule has 0 bridgehead atoms. The molecule has 0 spiro atoms. The second-order valence-corrected chi connectivity index (χ2v) is 5.78. The molecule has 1 saturated heterocycles. The van der Waals surface area contributed by atoms with Gasteiger partial charge in [-0.2, -0.15) is 10.2 Å². The summed E-state index contributed by atoms with van der Waals surface area (Å²) in [6, 6.07) is 11.9. The van der Waals surface area contributed by atoms with Crippen LogP contribution in [0, 0.1) is 11.3 Å². The van der Waals surface area contributed by atoms with Gasteiger partial charge in [0.25, 0.3) is 0 Å². The zero-order chi connectivity index (χ0) is 17.6. The van der Waals surface area contributed by atoms with Crippen LogP contribution in [0.15, 0.2) is 34.7 Å². The number of carbonyl (C=O) groups excluding carboxylic acids is 1. The minimum Gasteiger partial charge on any atom is -0.420 e. The molecule has 1 aliphatic heterocycles. The normalized spacial score (nSPS) is 14.7. The Balaban J connectivity index is 1.73. The molecule has 6 nitrogen and oxygen atoms in total. The molecule has 0 atom stereocenters. The maximum Gasteiger partial charge on any atom is 0.235 e. The Kier molecular flexibility index (Phi) is 5.14. The Hall–Kier alpha value is -3.07. The number of nitriles is 1. The van der Waals surface area contributed by atoms with E-state index in [1.54, 1.807) is 6.08 Å². The summed E-state index contributed by atoms with van der Waals surface area (Å²) < 4.78 is 5.79. The average molecular weight is 336 g/mol.